The van der Waals surface area contributed by atoms with Gasteiger partial charge in [-0.1, -0.05) is 43.7 Å². The summed E-state index contributed by atoms with van der Waals surface area (Å²) in [5, 5.41) is 2.89. The zero-order valence-electron chi connectivity index (χ0n) is 14.4. The van der Waals surface area contributed by atoms with Gasteiger partial charge in [-0.15, -0.1) is 0 Å². The van der Waals surface area contributed by atoms with Crippen molar-refractivity contribution in [2.24, 2.45) is 0 Å². The molecule has 1 aliphatic rings. The fourth-order valence-corrected chi connectivity index (χ4v) is 3.44. The van der Waals surface area contributed by atoms with Crippen molar-refractivity contribution >= 4 is 16.1 Å². The van der Waals surface area contributed by atoms with Crippen LogP contribution in [0, 0.1) is 0 Å². The molecule has 1 fully saturated rings. The molecule has 0 spiro atoms. The van der Waals surface area contributed by atoms with Crippen LogP contribution in [0.5, 0.6) is 0 Å². The molecule has 1 unspecified atom stereocenters. The molecule has 134 valence electrons. The molecule has 1 aromatic rings. The SMILES string of the molecule is CCCCN(C)S(=O)(=O)NC(Cc1ccccc1)C(=O)NC1CC1. The first-order chi connectivity index (χ1) is 11.4. The lowest BCUT2D eigenvalue weighted by Crippen LogP contribution is -2.52. The van der Waals surface area contributed by atoms with Gasteiger partial charge in [0.25, 0.3) is 10.2 Å². The maximum Gasteiger partial charge on any atom is 0.279 e. The van der Waals surface area contributed by atoms with Crippen LogP contribution in [-0.4, -0.2) is 44.3 Å². The lowest BCUT2D eigenvalue weighted by atomic mass is 10.1. The predicted molar refractivity (Wildman–Crippen MR) is 94.7 cm³/mol. The van der Waals surface area contributed by atoms with Crippen LogP contribution in [0.1, 0.15) is 38.2 Å². The number of nitrogens with zero attached hydrogens (tertiary/aromatic N) is 1. The third-order valence-electron chi connectivity index (χ3n) is 4.05. The number of carbonyl (C=O) groups excluding carboxylic acids is 1. The van der Waals surface area contributed by atoms with Crippen LogP contribution in [0.15, 0.2) is 30.3 Å². The standard InChI is InChI=1S/C17H27N3O3S/c1-3-4-12-20(2)24(22,23)19-16(17(21)18-15-10-11-15)13-14-8-6-5-7-9-14/h5-9,15-16,19H,3-4,10-13H2,1-2H3,(H,18,21). The zero-order valence-corrected chi connectivity index (χ0v) is 15.2. The third-order valence-corrected chi connectivity index (χ3v) is 5.64. The van der Waals surface area contributed by atoms with E-state index >= 15 is 0 Å². The molecule has 1 aromatic carbocycles. The maximum absolute atomic E-state index is 12.5. The molecular weight excluding hydrogens is 326 g/mol. The van der Waals surface area contributed by atoms with Gasteiger partial charge in [-0.3, -0.25) is 4.79 Å². The highest BCUT2D eigenvalue weighted by Crippen LogP contribution is 2.19. The van der Waals surface area contributed by atoms with Crippen LogP contribution in [0.3, 0.4) is 0 Å². The molecule has 1 aliphatic carbocycles. The average molecular weight is 353 g/mol. The number of carbonyl (C=O) groups is 1. The van der Waals surface area contributed by atoms with E-state index < -0.39 is 16.3 Å². The Hall–Kier alpha value is -1.44. The van der Waals surface area contributed by atoms with Gasteiger partial charge in [0.05, 0.1) is 0 Å². The Bertz CT molecular complexity index is 630. The highest BCUT2D eigenvalue weighted by atomic mass is 32.2. The minimum absolute atomic E-state index is 0.193. The summed E-state index contributed by atoms with van der Waals surface area (Å²) in [5.41, 5.74) is 0.923. The Morgan fingerprint density at radius 2 is 1.96 bits per heavy atom. The van der Waals surface area contributed by atoms with E-state index in [-0.39, 0.29) is 11.9 Å². The van der Waals surface area contributed by atoms with Gasteiger partial charge in [0.15, 0.2) is 0 Å². The van der Waals surface area contributed by atoms with Gasteiger partial charge >= 0.3 is 0 Å². The van der Waals surface area contributed by atoms with E-state index in [9.17, 15) is 13.2 Å². The first kappa shape index (κ1) is 18.9. The Morgan fingerprint density at radius 1 is 1.29 bits per heavy atom. The molecule has 2 N–H and O–H groups in total. The predicted octanol–water partition coefficient (Wildman–Crippen LogP) is 1.44. The number of amides is 1. The summed E-state index contributed by atoms with van der Waals surface area (Å²) in [4.78, 5) is 12.5. The van der Waals surface area contributed by atoms with Gasteiger partial charge < -0.3 is 5.32 Å². The number of hydrogen-bond acceptors (Lipinski definition) is 3. The second-order valence-electron chi connectivity index (χ2n) is 6.32. The topological polar surface area (TPSA) is 78.5 Å². The first-order valence-electron chi connectivity index (χ1n) is 8.50. The summed E-state index contributed by atoms with van der Waals surface area (Å²) in [6, 6.07) is 8.84. The Morgan fingerprint density at radius 3 is 2.54 bits per heavy atom. The van der Waals surface area contributed by atoms with Crippen LogP contribution in [0.2, 0.25) is 0 Å². The normalized spacial score (nSPS) is 16.1. The Kier molecular flexibility index (Phi) is 6.77. The van der Waals surface area contributed by atoms with E-state index in [1.807, 2.05) is 37.3 Å². The van der Waals surface area contributed by atoms with Crippen molar-refractivity contribution in [3.8, 4) is 0 Å². The van der Waals surface area contributed by atoms with Crippen molar-refractivity contribution < 1.29 is 13.2 Å². The van der Waals surface area contributed by atoms with E-state index in [0.717, 1.165) is 31.2 Å². The number of rotatable bonds is 10. The molecule has 24 heavy (non-hydrogen) atoms. The molecule has 0 heterocycles. The van der Waals surface area contributed by atoms with Crippen LogP contribution >= 0.6 is 0 Å². The summed E-state index contributed by atoms with van der Waals surface area (Å²) in [7, 11) is -2.15. The lowest BCUT2D eigenvalue weighted by Gasteiger charge is -2.23. The molecule has 0 aromatic heterocycles. The zero-order chi connectivity index (χ0) is 17.6. The number of benzene rings is 1. The van der Waals surface area contributed by atoms with Crippen molar-refractivity contribution in [1.29, 1.82) is 0 Å². The van der Waals surface area contributed by atoms with E-state index in [1.54, 1.807) is 0 Å². The third kappa shape index (κ3) is 5.89. The molecule has 1 atom stereocenters. The summed E-state index contributed by atoms with van der Waals surface area (Å²) >= 11 is 0. The maximum atomic E-state index is 12.5. The van der Waals surface area contributed by atoms with Crippen molar-refractivity contribution in [3.05, 3.63) is 35.9 Å². The molecule has 0 radical (unpaired) electrons. The van der Waals surface area contributed by atoms with Gasteiger partial charge in [-0.2, -0.15) is 17.4 Å². The lowest BCUT2D eigenvalue weighted by molar-refractivity contribution is -0.122. The van der Waals surface area contributed by atoms with E-state index in [0.29, 0.717) is 13.0 Å². The molecule has 1 saturated carbocycles. The van der Waals surface area contributed by atoms with Crippen molar-refractivity contribution in [2.75, 3.05) is 13.6 Å². The number of unbranched alkanes of at least 4 members (excludes halogenated alkanes) is 1. The van der Waals surface area contributed by atoms with E-state index in [2.05, 4.69) is 10.0 Å². The fraction of sp³-hybridized carbons (Fsp3) is 0.588. The Labute approximate surface area is 144 Å². The molecule has 2 rings (SSSR count). The van der Waals surface area contributed by atoms with Crippen molar-refractivity contribution in [1.82, 2.24) is 14.3 Å². The average Bonchev–Trinajstić information content (AvgIpc) is 3.36. The summed E-state index contributed by atoms with van der Waals surface area (Å²) in [5.74, 6) is -0.256. The highest BCUT2D eigenvalue weighted by molar-refractivity contribution is 7.87. The van der Waals surface area contributed by atoms with Gasteiger partial charge in [-0.25, -0.2) is 0 Å². The van der Waals surface area contributed by atoms with Gasteiger partial charge in [0.1, 0.15) is 6.04 Å². The molecule has 1 amide bonds. The summed E-state index contributed by atoms with van der Waals surface area (Å²) in [6.07, 6.45) is 3.96. The number of hydrogen-bond donors (Lipinski definition) is 2. The van der Waals surface area contributed by atoms with E-state index in [1.165, 1.54) is 11.4 Å². The number of nitrogens with one attached hydrogen (secondary N) is 2. The minimum atomic E-state index is -3.69. The largest absolute Gasteiger partial charge is 0.352 e. The van der Waals surface area contributed by atoms with Crippen LogP contribution in [0.4, 0.5) is 0 Å². The quantitative estimate of drug-likeness (QED) is 0.668. The summed E-state index contributed by atoms with van der Waals surface area (Å²) in [6.45, 7) is 2.45. The van der Waals surface area contributed by atoms with Crippen molar-refractivity contribution in [3.63, 3.8) is 0 Å². The van der Waals surface area contributed by atoms with Gasteiger partial charge in [0, 0.05) is 19.6 Å². The molecule has 0 aliphatic heterocycles. The van der Waals surface area contributed by atoms with Crippen LogP contribution in [0.25, 0.3) is 0 Å². The van der Waals surface area contributed by atoms with Gasteiger partial charge in [-0.05, 0) is 31.2 Å². The molecule has 0 bridgehead atoms. The molecule has 6 nitrogen and oxygen atoms in total. The fourth-order valence-electron chi connectivity index (χ4n) is 2.34. The smallest absolute Gasteiger partial charge is 0.279 e. The van der Waals surface area contributed by atoms with Crippen molar-refractivity contribution in [2.45, 2.75) is 51.1 Å². The molecular formula is C17H27N3O3S. The monoisotopic (exact) mass is 353 g/mol. The first-order valence-corrected chi connectivity index (χ1v) is 9.94. The van der Waals surface area contributed by atoms with Crippen LogP contribution < -0.4 is 10.0 Å². The van der Waals surface area contributed by atoms with Crippen LogP contribution in [-0.2, 0) is 21.4 Å². The second kappa shape index (κ2) is 8.60. The summed E-state index contributed by atoms with van der Waals surface area (Å²) < 4.78 is 28.8. The Balaban J connectivity index is 2.07. The molecule has 7 heteroatoms. The molecule has 0 saturated heterocycles. The minimum Gasteiger partial charge on any atom is -0.352 e. The van der Waals surface area contributed by atoms with E-state index in [4.69, 9.17) is 0 Å². The highest BCUT2D eigenvalue weighted by Gasteiger charge is 2.31. The van der Waals surface area contributed by atoms with Gasteiger partial charge in [0.2, 0.25) is 5.91 Å². The second-order valence-corrected chi connectivity index (χ2v) is 8.13.